The molecule has 1 rings (SSSR count). The van der Waals surface area contributed by atoms with E-state index in [1.165, 1.54) is 11.3 Å². The second kappa shape index (κ2) is 6.99. The Balaban J connectivity index is 2.37. The van der Waals surface area contributed by atoms with Gasteiger partial charge in [-0.3, -0.25) is 4.79 Å². The van der Waals surface area contributed by atoms with E-state index in [0.29, 0.717) is 25.4 Å². The molecule has 5 heteroatoms. The number of halogens is 1. The maximum Gasteiger partial charge on any atom is 0.307 e. The Hall–Kier alpha value is -0.580. The summed E-state index contributed by atoms with van der Waals surface area (Å²) in [5.41, 5.74) is 1.03. The standard InChI is InChI=1S/C12H18ClNO2S/c1-8(2)5-10(12(15)16)7-14-6-9-3-4-17-11(9)13/h3-4,8,10,14H,5-7H2,1-2H3,(H,15,16). The molecule has 0 aromatic carbocycles. The molecule has 1 aromatic heterocycles. The molecule has 1 unspecified atom stereocenters. The summed E-state index contributed by atoms with van der Waals surface area (Å²) >= 11 is 7.45. The Bertz CT molecular complexity index is 365. The Labute approximate surface area is 111 Å². The first-order valence-corrected chi connectivity index (χ1v) is 6.91. The molecule has 2 N–H and O–H groups in total. The fraction of sp³-hybridized carbons (Fsp3) is 0.583. The predicted octanol–water partition coefficient (Wildman–Crippen LogP) is 3.24. The molecule has 0 radical (unpaired) electrons. The molecule has 0 saturated heterocycles. The molecular formula is C12H18ClNO2S. The van der Waals surface area contributed by atoms with Crippen LogP contribution in [-0.4, -0.2) is 17.6 Å². The van der Waals surface area contributed by atoms with E-state index >= 15 is 0 Å². The van der Waals surface area contributed by atoms with Crippen molar-refractivity contribution in [2.45, 2.75) is 26.8 Å². The van der Waals surface area contributed by atoms with Crippen molar-refractivity contribution < 1.29 is 9.90 Å². The molecule has 3 nitrogen and oxygen atoms in total. The highest BCUT2D eigenvalue weighted by Crippen LogP contribution is 2.22. The summed E-state index contributed by atoms with van der Waals surface area (Å²) in [6.45, 7) is 5.18. The van der Waals surface area contributed by atoms with Crippen LogP contribution in [0.15, 0.2) is 11.4 Å². The van der Waals surface area contributed by atoms with Gasteiger partial charge in [0.25, 0.3) is 0 Å². The van der Waals surface area contributed by atoms with E-state index in [9.17, 15) is 4.79 Å². The minimum absolute atomic E-state index is 0.326. The zero-order chi connectivity index (χ0) is 12.8. The normalized spacial score (nSPS) is 12.9. The second-order valence-corrected chi connectivity index (χ2v) is 6.03. The number of thiophene rings is 1. The van der Waals surface area contributed by atoms with Crippen LogP contribution in [0, 0.1) is 11.8 Å². The minimum atomic E-state index is -0.734. The SMILES string of the molecule is CC(C)CC(CNCc1ccsc1Cl)C(=O)O. The van der Waals surface area contributed by atoms with Gasteiger partial charge in [-0.05, 0) is 29.3 Å². The fourth-order valence-electron chi connectivity index (χ4n) is 1.67. The maximum atomic E-state index is 11.0. The van der Waals surface area contributed by atoms with E-state index in [2.05, 4.69) is 5.32 Å². The maximum absolute atomic E-state index is 11.0. The van der Waals surface area contributed by atoms with Crippen LogP contribution in [-0.2, 0) is 11.3 Å². The monoisotopic (exact) mass is 275 g/mol. The van der Waals surface area contributed by atoms with Crippen LogP contribution >= 0.6 is 22.9 Å². The van der Waals surface area contributed by atoms with Crippen LogP contribution in [0.3, 0.4) is 0 Å². The van der Waals surface area contributed by atoms with Gasteiger partial charge < -0.3 is 10.4 Å². The lowest BCUT2D eigenvalue weighted by Crippen LogP contribution is -2.29. The summed E-state index contributed by atoms with van der Waals surface area (Å²) in [6.07, 6.45) is 0.694. The summed E-state index contributed by atoms with van der Waals surface area (Å²) in [5.74, 6) is -0.669. The molecule has 17 heavy (non-hydrogen) atoms. The van der Waals surface area contributed by atoms with Gasteiger partial charge in [-0.1, -0.05) is 25.4 Å². The Morgan fingerprint density at radius 3 is 2.76 bits per heavy atom. The van der Waals surface area contributed by atoms with Gasteiger partial charge in [-0.25, -0.2) is 0 Å². The van der Waals surface area contributed by atoms with Crippen molar-refractivity contribution in [3.05, 3.63) is 21.3 Å². The van der Waals surface area contributed by atoms with Gasteiger partial charge in [0.15, 0.2) is 0 Å². The third-order valence-electron chi connectivity index (χ3n) is 2.50. The molecule has 0 bridgehead atoms. The summed E-state index contributed by atoms with van der Waals surface area (Å²) in [6, 6.07) is 1.96. The number of carboxylic acid groups (broad SMARTS) is 1. The quantitative estimate of drug-likeness (QED) is 0.803. The average molecular weight is 276 g/mol. The van der Waals surface area contributed by atoms with Gasteiger partial charge in [-0.15, -0.1) is 11.3 Å². The molecule has 1 heterocycles. The number of aliphatic carboxylic acids is 1. The Morgan fingerprint density at radius 1 is 1.59 bits per heavy atom. The highest BCUT2D eigenvalue weighted by molar-refractivity contribution is 7.14. The van der Waals surface area contributed by atoms with Crippen molar-refractivity contribution in [2.24, 2.45) is 11.8 Å². The van der Waals surface area contributed by atoms with Crippen LogP contribution in [0.5, 0.6) is 0 Å². The van der Waals surface area contributed by atoms with Gasteiger partial charge in [0.1, 0.15) is 0 Å². The Morgan fingerprint density at radius 2 is 2.29 bits per heavy atom. The number of hydrogen-bond donors (Lipinski definition) is 2. The van der Waals surface area contributed by atoms with Gasteiger partial charge in [0.05, 0.1) is 10.3 Å². The highest BCUT2D eigenvalue weighted by atomic mass is 35.5. The number of rotatable bonds is 7. The van der Waals surface area contributed by atoms with E-state index in [1.807, 2.05) is 25.3 Å². The van der Waals surface area contributed by atoms with Crippen molar-refractivity contribution in [2.75, 3.05) is 6.54 Å². The zero-order valence-electron chi connectivity index (χ0n) is 10.1. The molecule has 96 valence electrons. The third-order valence-corrected chi connectivity index (χ3v) is 3.76. The van der Waals surface area contributed by atoms with Crippen molar-refractivity contribution in [3.63, 3.8) is 0 Å². The van der Waals surface area contributed by atoms with Crippen LogP contribution in [0.1, 0.15) is 25.8 Å². The van der Waals surface area contributed by atoms with Crippen LogP contribution in [0.4, 0.5) is 0 Å². The largest absolute Gasteiger partial charge is 0.481 e. The minimum Gasteiger partial charge on any atom is -0.481 e. The summed E-state index contributed by atoms with van der Waals surface area (Å²) in [7, 11) is 0. The summed E-state index contributed by atoms with van der Waals surface area (Å²) < 4.78 is 0.772. The summed E-state index contributed by atoms with van der Waals surface area (Å²) in [4.78, 5) is 11.0. The lowest BCUT2D eigenvalue weighted by molar-refractivity contribution is -0.142. The lowest BCUT2D eigenvalue weighted by Gasteiger charge is -2.15. The van der Waals surface area contributed by atoms with E-state index in [-0.39, 0.29) is 5.92 Å². The molecule has 0 aliphatic heterocycles. The summed E-state index contributed by atoms with van der Waals surface area (Å²) in [5, 5.41) is 14.2. The number of carboxylic acids is 1. The zero-order valence-corrected chi connectivity index (χ0v) is 11.6. The molecule has 0 fully saturated rings. The molecule has 0 spiro atoms. The van der Waals surface area contributed by atoms with Crippen LogP contribution in [0.2, 0.25) is 4.34 Å². The first-order chi connectivity index (χ1) is 8.00. The molecule has 0 aliphatic rings. The second-order valence-electron chi connectivity index (χ2n) is 4.52. The van der Waals surface area contributed by atoms with E-state index in [4.69, 9.17) is 16.7 Å². The predicted molar refractivity (Wildman–Crippen MR) is 71.6 cm³/mol. The molecule has 0 amide bonds. The van der Waals surface area contributed by atoms with E-state index in [0.717, 1.165) is 9.90 Å². The molecule has 0 saturated carbocycles. The van der Waals surface area contributed by atoms with Gasteiger partial charge in [0, 0.05) is 13.1 Å². The number of nitrogens with one attached hydrogen (secondary N) is 1. The fourth-order valence-corrected chi connectivity index (χ4v) is 2.59. The van der Waals surface area contributed by atoms with Crippen molar-refractivity contribution >= 4 is 28.9 Å². The van der Waals surface area contributed by atoms with E-state index < -0.39 is 5.97 Å². The first kappa shape index (κ1) is 14.5. The van der Waals surface area contributed by atoms with Gasteiger partial charge in [0.2, 0.25) is 0 Å². The Kier molecular flexibility index (Phi) is 5.95. The van der Waals surface area contributed by atoms with Gasteiger partial charge in [-0.2, -0.15) is 0 Å². The molecule has 0 aliphatic carbocycles. The average Bonchev–Trinajstić information content (AvgIpc) is 2.62. The third kappa shape index (κ3) is 5.06. The smallest absolute Gasteiger partial charge is 0.307 e. The van der Waals surface area contributed by atoms with E-state index in [1.54, 1.807) is 0 Å². The molecule has 1 aromatic rings. The van der Waals surface area contributed by atoms with Crippen molar-refractivity contribution in [1.82, 2.24) is 5.32 Å². The van der Waals surface area contributed by atoms with Crippen molar-refractivity contribution in [1.29, 1.82) is 0 Å². The topological polar surface area (TPSA) is 49.3 Å². The molecular weight excluding hydrogens is 258 g/mol. The molecule has 1 atom stereocenters. The van der Waals surface area contributed by atoms with Crippen LogP contribution in [0.25, 0.3) is 0 Å². The van der Waals surface area contributed by atoms with Crippen molar-refractivity contribution in [3.8, 4) is 0 Å². The number of carbonyl (C=O) groups is 1. The highest BCUT2D eigenvalue weighted by Gasteiger charge is 2.18. The number of hydrogen-bond acceptors (Lipinski definition) is 3. The lowest BCUT2D eigenvalue weighted by atomic mass is 9.97. The van der Waals surface area contributed by atoms with Gasteiger partial charge >= 0.3 is 5.97 Å². The first-order valence-electron chi connectivity index (χ1n) is 5.66. The van der Waals surface area contributed by atoms with Crippen LogP contribution < -0.4 is 5.32 Å².